The number of fused-ring (bicyclic) bond motifs is 2. The van der Waals surface area contributed by atoms with Gasteiger partial charge in [-0.05, 0) is 46.5 Å². The Kier molecular flexibility index (Phi) is 7.64. The maximum atomic E-state index is 13.3. The number of pyridine rings is 1. The number of benzene rings is 3. The minimum Gasteiger partial charge on any atom is -0.494 e. The lowest BCUT2D eigenvalue weighted by Crippen LogP contribution is -2.35. The Morgan fingerprint density at radius 2 is 1.76 bits per heavy atom. The van der Waals surface area contributed by atoms with Crippen molar-refractivity contribution in [1.29, 1.82) is 0 Å². The normalized spacial score (nSPS) is 16.5. The molecule has 6 rings (SSSR count). The van der Waals surface area contributed by atoms with Crippen molar-refractivity contribution in [2.24, 2.45) is 0 Å². The molecule has 0 spiro atoms. The van der Waals surface area contributed by atoms with Gasteiger partial charge in [-0.2, -0.15) is 0 Å². The van der Waals surface area contributed by atoms with E-state index >= 15 is 0 Å². The van der Waals surface area contributed by atoms with Gasteiger partial charge in [0.2, 0.25) is 5.88 Å². The summed E-state index contributed by atoms with van der Waals surface area (Å²) in [5, 5.41) is 8.06. The van der Waals surface area contributed by atoms with E-state index in [0.717, 1.165) is 72.3 Å². The maximum absolute atomic E-state index is 13.3. The number of methoxy groups -OCH3 is 1. The van der Waals surface area contributed by atoms with Crippen LogP contribution in [0.2, 0.25) is 0 Å². The lowest BCUT2D eigenvalue weighted by atomic mass is 9.77. The number of anilines is 3. The SMILES string of the molecule is COc1cc2c(cc1NC(=O)Nc1ccc(-c3ccc(OC4CCOCC4)nc3)c3ccccc13)C(C)(C)CCN2C. The second kappa shape index (κ2) is 11.5. The van der Waals surface area contributed by atoms with Gasteiger partial charge in [0.1, 0.15) is 11.9 Å². The van der Waals surface area contributed by atoms with Gasteiger partial charge in [0.15, 0.2) is 0 Å². The summed E-state index contributed by atoms with van der Waals surface area (Å²) in [6, 6.07) is 19.7. The Morgan fingerprint density at radius 1 is 1.00 bits per heavy atom. The first kappa shape index (κ1) is 27.8. The molecule has 0 unspecified atom stereocenters. The topological polar surface area (TPSA) is 85.0 Å². The predicted octanol–water partition coefficient (Wildman–Crippen LogP) is 7.23. The molecule has 0 saturated carbocycles. The molecule has 0 atom stereocenters. The number of amides is 2. The zero-order valence-corrected chi connectivity index (χ0v) is 24.7. The smallest absolute Gasteiger partial charge is 0.323 e. The van der Waals surface area contributed by atoms with Gasteiger partial charge in [0, 0.05) is 61.4 Å². The molecule has 1 fully saturated rings. The average molecular weight is 567 g/mol. The maximum Gasteiger partial charge on any atom is 0.323 e. The molecule has 3 heterocycles. The Bertz CT molecular complexity index is 1600. The van der Waals surface area contributed by atoms with E-state index in [1.165, 1.54) is 5.56 Å². The number of carbonyl (C=O) groups is 1. The molecule has 2 aliphatic rings. The van der Waals surface area contributed by atoms with Gasteiger partial charge >= 0.3 is 6.03 Å². The predicted molar refractivity (Wildman–Crippen MR) is 168 cm³/mol. The molecular weight excluding hydrogens is 528 g/mol. The molecule has 42 heavy (non-hydrogen) atoms. The van der Waals surface area contributed by atoms with Crippen LogP contribution in [0.25, 0.3) is 21.9 Å². The van der Waals surface area contributed by atoms with Crippen molar-refractivity contribution >= 4 is 33.9 Å². The summed E-state index contributed by atoms with van der Waals surface area (Å²) >= 11 is 0. The van der Waals surface area contributed by atoms with Crippen LogP contribution in [0, 0.1) is 0 Å². The van der Waals surface area contributed by atoms with Crippen LogP contribution in [0.5, 0.6) is 11.6 Å². The summed E-state index contributed by atoms with van der Waals surface area (Å²) in [5.41, 5.74) is 5.70. The highest BCUT2D eigenvalue weighted by molar-refractivity contribution is 6.10. The van der Waals surface area contributed by atoms with Crippen molar-refractivity contribution in [3.05, 3.63) is 72.4 Å². The fraction of sp³-hybridized carbons (Fsp3) is 0.353. The van der Waals surface area contributed by atoms with E-state index in [1.54, 1.807) is 7.11 Å². The van der Waals surface area contributed by atoms with Crippen LogP contribution in [0.4, 0.5) is 21.9 Å². The summed E-state index contributed by atoms with van der Waals surface area (Å²) in [4.78, 5) is 20.1. The summed E-state index contributed by atoms with van der Waals surface area (Å²) in [6.07, 6.45) is 4.78. The number of nitrogens with zero attached hydrogens (tertiary/aromatic N) is 2. The molecule has 8 heteroatoms. The van der Waals surface area contributed by atoms with Crippen LogP contribution in [0.15, 0.2) is 66.9 Å². The number of nitrogens with one attached hydrogen (secondary N) is 2. The van der Waals surface area contributed by atoms with Crippen LogP contribution >= 0.6 is 0 Å². The lowest BCUT2D eigenvalue weighted by molar-refractivity contribution is 0.0237. The van der Waals surface area contributed by atoms with Gasteiger partial charge in [-0.15, -0.1) is 0 Å². The van der Waals surface area contributed by atoms with Crippen molar-refractivity contribution in [2.75, 3.05) is 49.4 Å². The summed E-state index contributed by atoms with van der Waals surface area (Å²) in [7, 11) is 3.72. The number of urea groups is 1. The average Bonchev–Trinajstić information content (AvgIpc) is 3.00. The standard InChI is InChI=1S/C34H38N4O4/c1-34(2)15-16-38(3)30-20-31(40-4)29(19-27(30)34)37-33(39)36-28-11-10-24(25-7-5-6-8-26(25)28)22-9-12-32(35-21-22)42-23-13-17-41-18-14-23/h5-12,19-21,23H,13-18H2,1-4H3,(H2,36,37,39). The number of ether oxygens (including phenoxy) is 3. The lowest BCUT2D eigenvalue weighted by Gasteiger charge is -2.39. The van der Waals surface area contributed by atoms with Crippen LogP contribution in [-0.4, -0.2) is 51.0 Å². The minimum absolute atomic E-state index is 0.00291. The van der Waals surface area contributed by atoms with Crippen LogP contribution in [-0.2, 0) is 10.2 Å². The molecule has 0 radical (unpaired) electrons. The van der Waals surface area contributed by atoms with E-state index in [4.69, 9.17) is 14.2 Å². The van der Waals surface area contributed by atoms with Gasteiger partial charge < -0.3 is 29.7 Å². The zero-order valence-electron chi connectivity index (χ0n) is 24.7. The van der Waals surface area contributed by atoms with Gasteiger partial charge in [-0.1, -0.05) is 44.2 Å². The highest BCUT2D eigenvalue weighted by Gasteiger charge is 2.31. The fourth-order valence-electron chi connectivity index (χ4n) is 5.91. The first-order valence-electron chi connectivity index (χ1n) is 14.6. The highest BCUT2D eigenvalue weighted by Crippen LogP contribution is 2.44. The van der Waals surface area contributed by atoms with E-state index in [2.05, 4.69) is 47.5 Å². The van der Waals surface area contributed by atoms with Gasteiger partial charge in [0.25, 0.3) is 0 Å². The molecule has 2 aliphatic heterocycles. The van der Waals surface area contributed by atoms with E-state index < -0.39 is 0 Å². The first-order valence-corrected chi connectivity index (χ1v) is 14.6. The Balaban J connectivity index is 1.23. The second-order valence-corrected chi connectivity index (χ2v) is 11.7. The first-order chi connectivity index (χ1) is 20.3. The molecule has 2 amide bonds. The zero-order chi connectivity index (χ0) is 29.3. The summed E-state index contributed by atoms with van der Waals surface area (Å²) < 4.78 is 17.1. The minimum atomic E-state index is -0.329. The van der Waals surface area contributed by atoms with Crippen molar-refractivity contribution in [3.63, 3.8) is 0 Å². The van der Waals surface area contributed by atoms with Crippen LogP contribution in [0.3, 0.4) is 0 Å². The Labute approximate surface area is 247 Å². The molecule has 4 aromatic rings. The van der Waals surface area contributed by atoms with E-state index in [1.807, 2.05) is 60.8 Å². The highest BCUT2D eigenvalue weighted by atomic mass is 16.5. The van der Waals surface area contributed by atoms with E-state index in [0.29, 0.717) is 17.3 Å². The molecule has 0 aliphatic carbocycles. The molecule has 3 aromatic carbocycles. The van der Waals surface area contributed by atoms with Crippen molar-refractivity contribution in [3.8, 4) is 22.8 Å². The second-order valence-electron chi connectivity index (χ2n) is 11.7. The molecule has 2 N–H and O–H groups in total. The van der Waals surface area contributed by atoms with Gasteiger partial charge in [-0.3, -0.25) is 0 Å². The van der Waals surface area contributed by atoms with Crippen molar-refractivity contribution < 1.29 is 19.0 Å². The number of carbonyl (C=O) groups excluding carboxylic acids is 1. The number of hydrogen-bond acceptors (Lipinski definition) is 6. The van der Waals surface area contributed by atoms with E-state index in [-0.39, 0.29) is 17.6 Å². The van der Waals surface area contributed by atoms with Crippen LogP contribution < -0.4 is 25.0 Å². The third-order valence-corrected chi connectivity index (χ3v) is 8.45. The number of hydrogen-bond donors (Lipinski definition) is 2. The largest absolute Gasteiger partial charge is 0.494 e. The summed E-state index contributed by atoms with van der Waals surface area (Å²) in [6.45, 7) is 6.91. The van der Waals surface area contributed by atoms with Gasteiger partial charge in [-0.25, -0.2) is 9.78 Å². The molecular formula is C34H38N4O4. The third-order valence-electron chi connectivity index (χ3n) is 8.45. The van der Waals surface area contributed by atoms with Crippen LogP contribution in [0.1, 0.15) is 38.7 Å². The van der Waals surface area contributed by atoms with E-state index in [9.17, 15) is 4.79 Å². The molecule has 1 saturated heterocycles. The third kappa shape index (κ3) is 5.59. The van der Waals surface area contributed by atoms with Gasteiger partial charge in [0.05, 0.1) is 31.7 Å². The molecule has 8 nitrogen and oxygen atoms in total. The quantitative estimate of drug-likeness (QED) is 0.256. The van der Waals surface area contributed by atoms with Crippen molar-refractivity contribution in [2.45, 2.75) is 44.6 Å². The van der Waals surface area contributed by atoms with Crippen molar-refractivity contribution in [1.82, 2.24) is 4.98 Å². The summed E-state index contributed by atoms with van der Waals surface area (Å²) in [5.74, 6) is 1.25. The molecule has 1 aromatic heterocycles. The molecule has 0 bridgehead atoms. The Morgan fingerprint density at radius 3 is 2.50 bits per heavy atom. The monoisotopic (exact) mass is 566 g/mol. The molecule has 218 valence electrons. The fourth-order valence-corrected chi connectivity index (χ4v) is 5.91. The number of aromatic nitrogens is 1. The Hall–Kier alpha value is -4.30. The number of rotatable bonds is 6.